The molecule has 5 nitrogen and oxygen atoms in total. The maximum Gasteiger partial charge on any atom is 0.397 e. The molecule has 0 bridgehead atoms. The highest BCUT2D eigenvalue weighted by Crippen LogP contribution is 2.21. The van der Waals surface area contributed by atoms with Crippen LogP contribution >= 0.6 is 0 Å². The number of halogens is 3. The Morgan fingerprint density at radius 1 is 1.18 bits per heavy atom. The van der Waals surface area contributed by atoms with Crippen LogP contribution in [0, 0.1) is 0 Å². The smallest absolute Gasteiger partial charge is 0.340 e. The van der Waals surface area contributed by atoms with Crippen LogP contribution in [0.3, 0.4) is 0 Å². The van der Waals surface area contributed by atoms with E-state index in [-0.39, 0.29) is 26.2 Å². The van der Waals surface area contributed by atoms with E-state index in [4.69, 9.17) is 0 Å². The topological polar surface area (TPSA) is 57.7 Å². The largest absolute Gasteiger partial charge is 0.397 e. The van der Waals surface area contributed by atoms with Gasteiger partial charge in [-0.05, 0) is 0 Å². The summed E-state index contributed by atoms with van der Waals surface area (Å²) in [6.07, 6.45) is -4.99. The lowest BCUT2D eigenvalue weighted by atomic mass is 10.3. The molecule has 0 aromatic rings. The van der Waals surface area contributed by atoms with Crippen LogP contribution < -0.4 is 0 Å². The first kappa shape index (κ1) is 14.2. The van der Waals surface area contributed by atoms with E-state index in [0.29, 0.717) is 0 Å². The predicted molar refractivity (Wildman–Crippen MR) is 53.7 cm³/mol. The number of hydrogen-bond donors (Lipinski definition) is 0. The lowest BCUT2D eigenvalue weighted by molar-refractivity contribution is -0.162. The van der Waals surface area contributed by atoms with Crippen LogP contribution in [-0.2, 0) is 14.8 Å². The van der Waals surface area contributed by atoms with E-state index in [1.54, 1.807) is 0 Å². The van der Waals surface area contributed by atoms with E-state index >= 15 is 0 Å². The molecule has 0 saturated carbocycles. The summed E-state index contributed by atoms with van der Waals surface area (Å²) in [6, 6.07) is 0. The molecule has 1 aliphatic heterocycles. The van der Waals surface area contributed by atoms with Crippen LogP contribution in [-0.4, -0.2) is 62.1 Å². The summed E-state index contributed by atoms with van der Waals surface area (Å²) in [4.78, 5) is 12.2. The Balaban J connectivity index is 2.50. The van der Waals surface area contributed by atoms with Gasteiger partial charge >= 0.3 is 6.18 Å². The Morgan fingerprint density at radius 2 is 1.65 bits per heavy atom. The van der Waals surface area contributed by atoms with Gasteiger partial charge in [-0.25, -0.2) is 8.42 Å². The van der Waals surface area contributed by atoms with Crippen molar-refractivity contribution in [3.05, 3.63) is 0 Å². The monoisotopic (exact) mass is 274 g/mol. The third-order valence-electron chi connectivity index (χ3n) is 2.41. The summed E-state index contributed by atoms with van der Waals surface area (Å²) in [7, 11) is -3.34. The molecule has 100 valence electrons. The number of rotatable bonds is 2. The molecule has 0 aromatic heterocycles. The van der Waals surface area contributed by atoms with Crippen molar-refractivity contribution in [2.24, 2.45) is 0 Å². The molecule has 0 N–H and O–H groups in total. The summed E-state index contributed by atoms with van der Waals surface area (Å²) < 4.78 is 59.3. The maximum atomic E-state index is 12.0. The highest BCUT2D eigenvalue weighted by Gasteiger charge is 2.35. The van der Waals surface area contributed by atoms with Crippen LogP contribution in [0.1, 0.15) is 6.42 Å². The van der Waals surface area contributed by atoms with E-state index in [0.717, 1.165) is 15.5 Å². The van der Waals surface area contributed by atoms with Gasteiger partial charge in [0.05, 0.1) is 6.26 Å². The number of carbonyl (C=O) groups excluding carboxylic acids is 1. The zero-order valence-corrected chi connectivity index (χ0v) is 10.0. The van der Waals surface area contributed by atoms with Gasteiger partial charge in [-0.15, -0.1) is 0 Å². The molecule has 1 saturated heterocycles. The fourth-order valence-electron chi connectivity index (χ4n) is 1.55. The van der Waals surface area contributed by atoms with Crippen LogP contribution in [0.5, 0.6) is 0 Å². The summed E-state index contributed by atoms with van der Waals surface area (Å²) in [6.45, 7) is 0.0921. The van der Waals surface area contributed by atoms with Crippen LogP contribution in [0.25, 0.3) is 0 Å². The molecule has 0 atom stereocenters. The van der Waals surface area contributed by atoms with Gasteiger partial charge in [0.1, 0.15) is 6.42 Å². The Bertz CT molecular complexity index is 385. The van der Waals surface area contributed by atoms with Gasteiger partial charge in [0.25, 0.3) is 0 Å². The Kier molecular flexibility index (Phi) is 4.03. The minimum absolute atomic E-state index is 0.00197. The number of alkyl halides is 3. The molecule has 9 heteroatoms. The first-order valence-electron chi connectivity index (χ1n) is 4.89. The highest BCUT2D eigenvalue weighted by molar-refractivity contribution is 7.88. The zero-order chi connectivity index (χ0) is 13.3. The summed E-state index contributed by atoms with van der Waals surface area (Å²) in [5.74, 6) is -1.01. The number of hydrogen-bond acceptors (Lipinski definition) is 3. The molecule has 17 heavy (non-hydrogen) atoms. The normalized spacial score (nSPS) is 19.4. The van der Waals surface area contributed by atoms with Crippen molar-refractivity contribution in [2.75, 3.05) is 32.4 Å². The number of piperazine rings is 1. The molecule has 0 aliphatic carbocycles. The van der Waals surface area contributed by atoms with Gasteiger partial charge in [0.2, 0.25) is 15.9 Å². The van der Waals surface area contributed by atoms with Crippen molar-refractivity contribution in [1.29, 1.82) is 0 Å². The van der Waals surface area contributed by atoms with Gasteiger partial charge in [-0.3, -0.25) is 4.79 Å². The Hall–Kier alpha value is -0.830. The van der Waals surface area contributed by atoms with Crippen molar-refractivity contribution in [3.63, 3.8) is 0 Å². The standard InChI is InChI=1S/C8H13F3N2O3S/c1-17(15,16)13-4-2-12(3-5-13)7(14)6-8(9,10)11/h2-6H2,1H3. The van der Waals surface area contributed by atoms with Crippen molar-refractivity contribution in [1.82, 2.24) is 9.21 Å². The molecule has 1 heterocycles. The van der Waals surface area contributed by atoms with Gasteiger partial charge in [0, 0.05) is 26.2 Å². The van der Waals surface area contributed by atoms with Crippen molar-refractivity contribution < 1.29 is 26.4 Å². The average Bonchev–Trinajstić information content (AvgIpc) is 2.14. The summed E-state index contributed by atoms with van der Waals surface area (Å²) >= 11 is 0. The minimum atomic E-state index is -4.52. The fraction of sp³-hybridized carbons (Fsp3) is 0.875. The molecular formula is C8H13F3N2O3S. The van der Waals surface area contributed by atoms with Gasteiger partial charge in [0.15, 0.2) is 0 Å². The molecule has 1 fully saturated rings. The van der Waals surface area contributed by atoms with E-state index in [1.165, 1.54) is 0 Å². The molecule has 1 rings (SSSR count). The number of carbonyl (C=O) groups is 1. The highest BCUT2D eigenvalue weighted by atomic mass is 32.2. The van der Waals surface area contributed by atoms with Crippen LogP contribution in [0.2, 0.25) is 0 Å². The molecule has 1 amide bonds. The quantitative estimate of drug-likeness (QED) is 0.714. The molecular weight excluding hydrogens is 261 g/mol. The second kappa shape index (κ2) is 4.81. The molecule has 0 spiro atoms. The first-order valence-corrected chi connectivity index (χ1v) is 6.74. The van der Waals surface area contributed by atoms with Crippen molar-refractivity contribution in [2.45, 2.75) is 12.6 Å². The maximum absolute atomic E-state index is 12.0. The average molecular weight is 274 g/mol. The van der Waals surface area contributed by atoms with Crippen molar-refractivity contribution >= 4 is 15.9 Å². The lowest BCUT2D eigenvalue weighted by Crippen LogP contribution is -2.50. The second-order valence-electron chi connectivity index (χ2n) is 3.83. The Morgan fingerprint density at radius 3 is 2.00 bits per heavy atom. The summed E-state index contributed by atoms with van der Waals surface area (Å²) in [5, 5.41) is 0. The first-order chi connectivity index (χ1) is 7.59. The van der Waals surface area contributed by atoms with Gasteiger partial charge < -0.3 is 4.90 Å². The number of amides is 1. The van der Waals surface area contributed by atoms with Gasteiger partial charge in [-0.2, -0.15) is 17.5 Å². The van der Waals surface area contributed by atoms with Crippen LogP contribution in [0.4, 0.5) is 13.2 Å². The van der Waals surface area contributed by atoms with E-state index < -0.39 is 28.5 Å². The molecule has 1 aliphatic rings. The number of nitrogens with zero attached hydrogens (tertiary/aromatic N) is 2. The third-order valence-corrected chi connectivity index (χ3v) is 3.72. The van der Waals surface area contributed by atoms with E-state index in [2.05, 4.69) is 0 Å². The zero-order valence-electron chi connectivity index (χ0n) is 9.20. The SMILES string of the molecule is CS(=O)(=O)N1CCN(C(=O)CC(F)(F)F)CC1. The number of sulfonamides is 1. The lowest BCUT2D eigenvalue weighted by Gasteiger charge is -2.33. The minimum Gasteiger partial charge on any atom is -0.340 e. The Labute approximate surface area is 97.2 Å². The second-order valence-corrected chi connectivity index (χ2v) is 5.82. The van der Waals surface area contributed by atoms with E-state index in [1.807, 2.05) is 0 Å². The fourth-order valence-corrected chi connectivity index (χ4v) is 2.38. The molecule has 0 aromatic carbocycles. The van der Waals surface area contributed by atoms with E-state index in [9.17, 15) is 26.4 Å². The van der Waals surface area contributed by atoms with Crippen LogP contribution in [0.15, 0.2) is 0 Å². The molecule has 0 unspecified atom stereocenters. The van der Waals surface area contributed by atoms with Gasteiger partial charge in [-0.1, -0.05) is 0 Å². The predicted octanol–water partition coefficient (Wildman–Crippen LogP) is 0.0426. The molecule has 0 radical (unpaired) electrons. The third kappa shape index (κ3) is 4.50. The van der Waals surface area contributed by atoms with Crippen molar-refractivity contribution in [3.8, 4) is 0 Å². The summed E-state index contributed by atoms with van der Waals surface area (Å²) in [5.41, 5.74) is 0.